The Balaban J connectivity index is 2.22. The highest BCUT2D eigenvalue weighted by atomic mass is 16.4. The minimum atomic E-state index is -0.398. The Labute approximate surface area is 120 Å². The summed E-state index contributed by atoms with van der Waals surface area (Å²) < 4.78 is 5.47. The molecule has 0 aliphatic carbocycles. The zero-order valence-electron chi connectivity index (χ0n) is 11.3. The highest BCUT2D eigenvalue weighted by Gasteiger charge is 2.08. The van der Waals surface area contributed by atoms with Crippen molar-refractivity contribution in [3.63, 3.8) is 0 Å². The van der Waals surface area contributed by atoms with Crippen molar-refractivity contribution in [2.75, 3.05) is 5.43 Å². The molecule has 1 aromatic carbocycles. The van der Waals surface area contributed by atoms with Gasteiger partial charge in [0.05, 0.1) is 5.69 Å². The van der Waals surface area contributed by atoms with Crippen LogP contribution < -0.4 is 11.2 Å². The zero-order valence-corrected chi connectivity index (χ0v) is 11.3. The second kappa shape index (κ2) is 6.29. The molecule has 0 aliphatic heterocycles. The molecule has 106 valence electrons. The molecule has 2 rings (SSSR count). The van der Waals surface area contributed by atoms with Crippen molar-refractivity contribution in [3.05, 3.63) is 30.2 Å². The first-order valence-corrected chi connectivity index (χ1v) is 6.15. The van der Waals surface area contributed by atoms with Crippen molar-refractivity contribution in [2.24, 2.45) is 10.8 Å². The molecule has 0 radical (unpaired) electrons. The van der Waals surface area contributed by atoms with Gasteiger partial charge in [-0.15, -0.1) is 10.2 Å². The highest BCUT2D eigenvalue weighted by Crippen LogP contribution is 2.21. The Morgan fingerprint density at radius 1 is 1.52 bits per heavy atom. The van der Waals surface area contributed by atoms with Gasteiger partial charge < -0.3 is 10.2 Å². The molecule has 8 heteroatoms. The maximum Gasteiger partial charge on any atom is 0.247 e. The lowest BCUT2D eigenvalue weighted by Gasteiger charge is -2.02. The molecule has 2 aromatic rings. The molecule has 0 aliphatic rings. The SMILES string of the molecule is CCc1nnc(-c2cccc(N/N=C(\C#N)C(=N)N)c2)o1. The van der Waals surface area contributed by atoms with Crippen molar-refractivity contribution in [2.45, 2.75) is 13.3 Å². The number of nitrogens with zero attached hydrogens (tertiary/aromatic N) is 4. The number of nitrogens with one attached hydrogen (secondary N) is 2. The Hall–Kier alpha value is -3.21. The van der Waals surface area contributed by atoms with Gasteiger partial charge in [-0.3, -0.25) is 10.8 Å². The van der Waals surface area contributed by atoms with Crippen molar-refractivity contribution in [1.82, 2.24) is 10.2 Å². The number of hydrogen-bond donors (Lipinski definition) is 3. The van der Waals surface area contributed by atoms with Gasteiger partial charge in [0.15, 0.2) is 5.84 Å². The number of nitrogens with two attached hydrogens (primary N) is 1. The summed E-state index contributed by atoms with van der Waals surface area (Å²) >= 11 is 0. The monoisotopic (exact) mass is 283 g/mol. The smallest absolute Gasteiger partial charge is 0.247 e. The summed E-state index contributed by atoms with van der Waals surface area (Å²) in [5.74, 6) is 0.571. The van der Waals surface area contributed by atoms with E-state index < -0.39 is 5.84 Å². The average molecular weight is 283 g/mol. The lowest BCUT2D eigenvalue weighted by atomic mass is 10.2. The van der Waals surface area contributed by atoms with Crippen LogP contribution in [0.25, 0.3) is 11.5 Å². The van der Waals surface area contributed by atoms with Crippen LogP contribution in [-0.4, -0.2) is 21.7 Å². The first-order valence-electron chi connectivity index (χ1n) is 6.15. The molecule has 8 nitrogen and oxygen atoms in total. The summed E-state index contributed by atoms with van der Waals surface area (Å²) in [6, 6.07) is 8.82. The molecule has 1 heterocycles. The fourth-order valence-corrected chi connectivity index (χ4v) is 1.50. The highest BCUT2D eigenvalue weighted by molar-refractivity contribution is 6.45. The van der Waals surface area contributed by atoms with Crippen molar-refractivity contribution in [1.29, 1.82) is 10.7 Å². The van der Waals surface area contributed by atoms with E-state index in [4.69, 9.17) is 20.8 Å². The number of hydrazone groups is 1. The molecular weight excluding hydrogens is 270 g/mol. The molecule has 4 N–H and O–H groups in total. The summed E-state index contributed by atoms with van der Waals surface area (Å²) in [7, 11) is 0. The third-order valence-electron chi connectivity index (χ3n) is 2.54. The van der Waals surface area contributed by atoms with Crippen LogP contribution in [0.15, 0.2) is 33.8 Å². The minimum absolute atomic E-state index is 0.188. The first-order chi connectivity index (χ1) is 10.1. The van der Waals surface area contributed by atoms with E-state index in [2.05, 4.69) is 20.7 Å². The topological polar surface area (TPSA) is 137 Å². The summed E-state index contributed by atoms with van der Waals surface area (Å²) in [4.78, 5) is 0. The number of amidine groups is 1. The maximum atomic E-state index is 8.76. The summed E-state index contributed by atoms with van der Waals surface area (Å²) in [5, 5.41) is 27.5. The molecule has 0 atom stereocenters. The van der Waals surface area contributed by atoms with Crippen LogP contribution >= 0.6 is 0 Å². The van der Waals surface area contributed by atoms with E-state index in [1.165, 1.54) is 0 Å². The van der Waals surface area contributed by atoms with Crippen LogP contribution in [0, 0.1) is 16.7 Å². The van der Waals surface area contributed by atoms with E-state index >= 15 is 0 Å². The van der Waals surface area contributed by atoms with E-state index in [0.29, 0.717) is 23.9 Å². The molecular formula is C13H13N7O. The van der Waals surface area contributed by atoms with Crippen LogP contribution in [0.4, 0.5) is 5.69 Å². The molecule has 0 saturated carbocycles. The number of rotatable bonds is 5. The quantitative estimate of drug-likeness (QED) is 0.432. The van der Waals surface area contributed by atoms with Gasteiger partial charge in [0.1, 0.15) is 6.07 Å². The zero-order chi connectivity index (χ0) is 15.2. The summed E-state index contributed by atoms with van der Waals surface area (Å²) in [6.07, 6.45) is 0.666. The third kappa shape index (κ3) is 3.42. The van der Waals surface area contributed by atoms with Crippen LogP contribution in [0.2, 0.25) is 0 Å². The van der Waals surface area contributed by atoms with E-state index in [1.807, 2.05) is 13.0 Å². The normalized spacial score (nSPS) is 11.0. The average Bonchev–Trinajstić information content (AvgIpc) is 2.97. The Kier molecular flexibility index (Phi) is 4.26. The van der Waals surface area contributed by atoms with Crippen LogP contribution in [-0.2, 0) is 6.42 Å². The Morgan fingerprint density at radius 3 is 2.95 bits per heavy atom. The molecule has 0 fully saturated rings. The largest absolute Gasteiger partial charge is 0.421 e. The molecule has 1 aromatic heterocycles. The number of nitriles is 1. The summed E-state index contributed by atoms with van der Waals surface area (Å²) in [5.41, 5.74) is 9.02. The third-order valence-corrected chi connectivity index (χ3v) is 2.54. The predicted molar refractivity (Wildman–Crippen MR) is 77.7 cm³/mol. The fourth-order valence-electron chi connectivity index (χ4n) is 1.50. The van der Waals surface area contributed by atoms with Crippen LogP contribution in [0.5, 0.6) is 0 Å². The van der Waals surface area contributed by atoms with Gasteiger partial charge in [-0.25, -0.2) is 0 Å². The first kappa shape index (κ1) is 14.2. The van der Waals surface area contributed by atoms with Crippen molar-refractivity contribution >= 4 is 17.2 Å². The van der Waals surface area contributed by atoms with Crippen molar-refractivity contribution in [3.8, 4) is 17.5 Å². The van der Waals surface area contributed by atoms with Crippen LogP contribution in [0.1, 0.15) is 12.8 Å². The van der Waals surface area contributed by atoms with E-state index in [9.17, 15) is 0 Å². The van der Waals surface area contributed by atoms with Crippen molar-refractivity contribution < 1.29 is 4.42 Å². The lowest BCUT2D eigenvalue weighted by Crippen LogP contribution is -2.21. The summed E-state index contributed by atoms with van der Waals surface area (Å²) in [6.45, 7) is 1.93. The second-order valence-electron chi connectivity index (χ2n) is 4.03. The van der Waals surface area contributed by atoms with E-state index in [1.54, 1.807) is 24.3 Å². The van der Waals surface area contributed by atoms with Gasteiger partial charge in [-0.2, -0.15) is 10.4 Å². The van der Waals surface area contributed by atoms with Gasteiger partial charge in [0, 0.05) is 12.0 Å². The second-order valence-corrected chi connectivity index (χ2v) is 4.03. The number of hydrogen-bond acceptors (Lipinski definition) is 7. The molecule has 0 spiro atoms. The number of aromatic nitrogens is 2. The standard InChI is InChI=1S/C13H13N7O/c1-2-11-19-20-13(21-11)8-4-3-5-9(6-8)17-18-10(7-14)12(15)16/h3-6,17H,2H2,1H3,(H3,15,16)/b18-10+. The Bertz CT molecular complexity index is 726. The maximum absolute atomic E-state index is 8.76. The van der Waals surface area contributed by atoms with E-state index in [-0.39, 0.29) is 5.71 Å². The van der Waals surface area contributed by atoms with Gasteiger partial charge in [-0.05, 0) is 18.2 Å². The van der Waals surface area contributed by atoms with Gasteiger partial charge in [0.2, 0.25) is 17.5 Å². The Morgan fingerprint density at radius 2 is 2.33 bits per heavy atom. The number of benzene rings is 1. The van der Waals surface area contributed by atoms with Gasteiger partial charge in [0.25, 0.3) is 0 Å². The number of anilines is 1. The molecule has 0 unspecified atom stereocenters. The van der Waals surface area contributed by atoms with Crippen LogP contribution in [0.3, 0.4) is 0 Å². The fraction of sp³-hybridized carbons (Fsp3) is 0.154. The predicted octanol–water partition coefficient (Wildman–Crippen LogP) is 1.53. The number of aryl methyl sites for hydroxylation is 1. The van der Waals surface area contributed by atoms with Gasteiger partial charge >= 0.3 is 0 Å². The molecule has 0 amide bonds. The van der Waals surface area contributed by atoms with Gasteiger partial charge in [-0.1, -0.05) is 13.0 Å². The molecule has 21 heavy (non-hydrogen) atoms. The lowest BCUT2D eigenvalue weighted by molar-refractivity contribution is 0.513. The molecule has 0 bridgehead atoms. The van der Waals surface area contributed by atoms with E-state index in [0.717, 1.165) is 5.56 Å². The molecule has 0 saturated heterocycles. The minimum Gasteiger partial charge on any atom is -0.421 e.